The van der Waals surface area contributed by atoms with Crippen molar-refractivity contribution in [2.75, 3.05) is 0 Å². The molecule has 3 aromatic heterocycles. The molecule has 3 aromatic rings. The normalized spacial score (nSPS) is 10.8. The van der Waals surface area contributed by atoms with Gasteiger partial charge in [0.25, 0.3) is 0 Å². The number of aromatic carboxylic acids is 1. The molecule has 3 heterocycles. The van der Waals surface area contributed by atoms with Crippen LogP contribution in [0.25, 0.3) is 16.8 Å². The summed E-state index contributed by atoms with van der Waals surface area (Å²) in [6.07, 6.45) is 4.88. The van der Waals surface area contributed by atoms with Gasteiger partial charge in [0, 0.05) is 18.0 Å². The molecular weight excluding hydrogens is 220 g/mol. The van der Waals surface area contributed by atoms with Crippen molar-refractivity contribution in [1.29, 1.82) is 0 Å². The Morgan fingerprint density at radius 1 is 1.41 bits per heavy atom. The number of carboxylic acid groups (broad SMARTS) is 1. The summed E-state index contributed by atoms with van der Waals surface area (Å²) in [5.74, 6) is -0.998. The van der Waals surface area contributed by atoms with Gasteiger partial charge in [-0.15, -0.1) is 0 Å². The predicted molar refractivity (Wildman–Crippen MR) is 59.7 cm³/mol. The zero-order valence-electron chi connectivity index (χ0n) is 8.66. The third-order valence-electron chi connectivity index (χ3n) is 2.53. The van der Waals surface area contributed by atoms with E-state index in [4.69, 9.17) is 0 Å². The van der Waals surface area contributed by atoms with Crippen molar-refractivity contribution in [1.82, 2.24) is 19.8 Å². The predicted octanol–water partition coefficient (Wildman–Crippen LogP) is 1.42. The Morgan fingerprint density at radius 2 is 2.29 bits per heavy atom. The van der Waals surface area contributed by atoms with Gasteiger partial charge >= 0.3 is 5.97 Å². The second-order valence-corrected chi connectivity index (χ2v) is 3.55. The lowest BCUT2D eigenvalue weighted by molar-refractivity contribution is 0.0700. The molecule has 0 aliphatic rings. The molecule has 0 radical (unpaired) electrons. The number of rotatable bonds is 2. The summed E-state index contributed by atoms with van der Waals surface area (Å²) in [5.41, 5.74) is 1.83. The lowest BCUT2D eigenvalue weighted by Gasteiger charge is -1.93. The maximum absolute atomic E-state index is 11.3. The Morgan fingerprint density at radius 3 is 3.00 bits per heavy atom. The molecule has 0 amide bonds. The molecule has 0 bridgehead atoms. The Labute approximate surface area is 95.5 Å². The molecule has 0 saturated heterocycles. The monoisotopic (exact) mass is 228 g/mol. The van der Waals surface area contributed by atoms with Gasteiger partial charge in [-0.05, 0) is 12.1 Å². The second kappa shape index (κ2) is 3.44. The van der Waals surface area contributed by atoms with E-state index in [1.54, 1.807) is 41.3 Å². The van der Waals surface area contributed by atoms with Crippen LogP contribution in [0.1, 0.15) is 10.4 Å². The molecule has 0 fully saturated rings. The molecule has 0 aliphatic carbocycles. The van der Waals surface area contributed by atoms with E-state index >= 15 is 0 Å². The third-order valence-corrected chi connectivity index (χ3v) is 2.53. The molecule has 2 N–H and O–H groups in total. The third kappa shape index (κ3) is 1.38. The number of H-pyrrole nitrogens is 1. The van der Waals surface area contributed by atoms with Gasteiger partial charge < -0.3 is 5.11 Å². The topological polar surface area (TPSA) is 83.3 Å². The lowest BCUT2D eigenvalue weighted by atomic mass is 10.1. The standard InChI is InChI=1S/C11H8N4O2/c16-11(17)9-8-3-1-2-4-15(8)14-10(9)7-5-12-13-6-7/h1-6H,(H,12,13)(H,16,17). The van der Waals surface area contributed by atoms with Gasteiger partial charge in [0.1, 0.15) is 11.3 Å². The van der Waals surface area contributed by atoms with Crippen molar-refractivity contribution in [3.63, 3.8) is 0 Å². The van der Waals surface area contributed by atoms with E-state index in [0.717, 1.165) is 0 Å². The molecule has 3 rings (SSSR count). The van der Waals surface area contributed by atoms with Gasteiger partial charge in [-0.3, -0.25) is 5.10 Å². The first-order chi connectivity index (χ1) is 8.27. The average molecular weight is 228 g/mol. The van der Waals surface area contributed by atoms with E-state index in [9.17, 15) is 9.90 Å². The first-order valence-electron chi connectivity index (χ1n) is 4.97. The van der Waals surface area contributed by atoms with Gasteiger partial charge in [0.05, 0.1) is 11.7 Å². The van der Waals surface area contributed by atoms with Crippen LogP contribution in [-0.4, -0.2) is 30.9 Å². The molecule has 6 heteroatoms. The minimum atomic E-state index is -0.998. The van der Waals surface area contributed by atoms with Crippen LogP contribution in [0.15, 0.2) is 36.8 Å². The average Bonchev–Trinajstić information content (AvgIpc) is 2.95. The smallest absolute Gasteiger partial charge is 0.340 e. The molecule has 0 aromatic carbocycles. The summed E-state index contributed by atoms with van der Waals surface area (Å²) < 4.78 is 1.55. The molecule has 0 saturated carbocycles. The summed E-state index contributed by atoms with van der Waals surface area (Å²) >= 11 is 0. The SMILES string of the molecule is O=C(O)c1c(-c2cn[nH]c2)nn2ccccc12. The van der Waals surface area contributed by atoms with E-state index in [2.05, 4.69) is 15.3 Å². The van der Waals surface area contributed by atoms with Crippen LogP contribution in [0.4, 0.5) is 0 Å². The van der Waals surface area contributed by atoms with Gasteiger partial charge in [0.2, 0.25) is 0 Å². The number of carboxylic acids is 1. The number of nitrogens with zero attached hydrogens (tertiary/aromatic N) is 3. The maximum atomic E-state index is 11.3. The second-order valence-electron chi connectivity index (χ2n) is 3.55. The van der Waals surface area contributed by atoms with Crippen molar-refractivity contribution in [3.8, 4) is 11.3 Å². The van der Waals surface area contributed by atoms with Crippen molar-refractivity contribution in [2.24, 2.45) is 0 Å². The fourth-order valence-corrected chi connectivity index (χ4v) is 1.79. The van der Waals surface area contributed by atoms with Gasteiger partial charge in [0.15, 0.2) is 0 Å². The molecular formula is C11H8N4O2. The van der Waals surface area contributed by atoms with E-state index in [1.165, 1.54) is 0 Å². The fraction of sp³-hybridized carbons (Fsp3) is 0. The van der Waals surface area contributed by atoms with Gasteiger partial charge in [-0.1, -0.05) is 6.07 Å². The van der Waals surface area contributed by atoms with Crippen LogP contribution in [0.5, 0.6) is 0 Å². The largest absolute Gasteiger partial charge is 0.478 e. The minimum absolute atomic E-state index is 0.187. The summed E-state index contributed by atoms with van der Waals surface area (Å²) in [6.45, 7) is 0. The Balaban J connectivity index is 2.38. The number of hydrogen-bond acceptors (Lipinski definition) is 3. The first-order valence-corrected chi connectivity index (χ1v) is 4.97. The van der Waals surface area contributed by atoms with Crippen LogP contribution in [0.3, 0.4) is 0 Å². The first kappa shape index (κ1) is 9.59. The highest BCUT2D eigenvalue weighted by Gasteiger charge is 2.20. The van der Waals surface area contributed by atoms with Crippen LogP contribution in [0, 0.1) is 0 Å². The van der Waals surface area contributed by atoms with Crippen molar-refractivity contribution >= 4 is 11.5 Å². The molecule has 17 heavy (non-hydrogen) atoms. The van der Waals surface area contributed by atoms with E-state index in [1.807, 2.05) is 0 Å². The zero-order chi connectivity index (χ0) is 11.8. The Kier molecular flexibility index (Phi) is 1.94. The molecule has 6 nitrogen and oxygen atoms in total. The minimum Gasteiger partial charge on any atom is -0.478 e. The highest BCUT2D eigenvalue weighted by molar-refractivity contribution is 6.02. The highest BCUT2D eigenvalue weighted by atomic mass is 16.4. The van der Waals surface area contributed by atoms with E-state index in [-0.39, 0.29) is 5.56 Å². The summed E-state index contributed by atoms with van der Waals surface area (Å²) in [7, 11) is 0. The van der Waals surface area contributed by atoms with E-state index in [0.29, 0.717) is 16.8 Å². The quantitative estimate of drug-likeness (QED) is 0.694. The van der Waals surface area contributed by atoms with Crippen LogP contribution in [0.2, 0.25) is 0 Å². The number of carbonyl (C=O) groups is 1. The zero-order valence-corrected chi connectivity index (χ0v) is 8.66. The number of aromatic amines is 1. The van der Waals surface area contributed by atoms with Crippen LogP contribution in [-0.2, 0) is 0 Å². The fourth-order valence-electron chi connectivity index (χ4n) is 1.79. The number of nitrogens with one attached hydrogen (secondary N) is 1. The molecule has 0 unspecified atom stereocenters. The molecule has 0 aliphatic heterocycles. The van der Waals surface area contributed by atoms with Gasteiger partial charge in [-0.25, -0.2) is 9.31 Å². The molecule has 0 atom stereocenters. The molecule has 0 spiro atoms. The Bertz CT molecular complexity index is 685. The van der Waals surface area contributed by atoms with Crippen molar-refractivity contribution < 1.29 is 9.90 Å². The number of pyridine rings is 1. The van der Waals surface area contributed by atoms with Crippen LogP contribution >= 0.6 is 0 Å². The lowest BCUT2D eigenvalue weighted by Crippen LogP contribution is -1.97. The van der Waals surface area contributed by atoms with Crippen molar-refractivity contribution in [3.05, 3.63) is 42.4 Å². The summed E-state index contributed by atoms with van der Waals surface area (Å²) in [5, 5.41) is 20.0. The van der Waals surface area contributed by atoms with Gasteiger partial charge in [-0.2, -0.15) is 10.2 Å². The summed E-state index contributed by atoms with van der Waals surface area (Å²) in [6, 6.07) is 5.30. The number of fused-ring (bicyclic) bond motifs is 1. The Hall–Kier alpha value is -2.63. The highest BCUT2D eigenvalue weighted by Crippen LogP contribution is 2.25. The van der Waals surface area contributed by atoms with E-state index < -0.39 is 5.97 Å². The maximum Gasteiger partial charge on any atom is 0.340 e. The molecule has 84 valence electrons. The number of hydrogen-bond donors (Lipinski definition) is 2. The van der Waals surface area contributed by atoms with Crippen LogP contribution < -0.4 is 0 Å². The van der Waals surface area contributed by atoms with Crippen molar-refractivity contribution in [2.45, 2.75) is 0 Å². The summed E-state index contributed by atoms with van der Waals surface area (Å²) in [4.78, 5) is 11.3. The number of aromatic nitrogens is 4.